The predicted octanol–water partition coefficient (Wildman–Crippen LogP) is 26.0. The van der Waals surface area contributed by atoms with Crippen LogP contribution >= 0.6 is 27.5 Å². The maximum Gasteiger partial charge on any atom is 0.494 e. The Labute approximate surface area is 669 Å². The molecular formula is C101H85BBrClN4O4. The average Bonchev–Trinajstić information content (AvgIpc) is 1.55. The molecule has 1 fully saturated rings. The molecule has 3 aromatic heterocycles. The van der Waals surface area contributed by atoms with Crippen LogP contribution in [0.2, 0.25) is 5.28 Å². The zero-order valence-electron chi connectivity index (χ0n) is 60.6. The van der Waals surface area contributed by atoms with Gasteiger partial charge >= 0.3 is 7.12 Å². The Kier molecular flexibility index (Phi) is 22.2. The normalized spacial score (nSPS) is 13.2. The second kappa shape index (κ2) is 32.4. The number of halogens is 2. The lowest BCUT2D eigenvalue weighted by molar-refractivity contribution is 0.00578. The highest BCUT2D eigenvalue weighted by Crippen LogP contribution is 2.41. The van der Waals surface area contributed by atoms with E-state index in [0.29, 0.717) is 0 Å². The highest BCUT2D eigenvalue weighted by molar-refractivity contribution is 9.10. The van der Waals surface area contributed by atoms with Crippen LogP contribution in [0.1, 0.15) is 104 Å². The smallest absolute Gasteiger partial charge is 0.399 e. The van der Waals surface area contributed by atoms with Crippen LogP contribution in [-0.2, 0) is 22.2 Å². The van der Waals surface area contributed by atoms with E-state index >= 15 is 0 Å². The highest BCUT2D eigenvalue weighted by atomic mass is 79.9. The Morgan fingerprint density at radius 1 is 0.330 bits per heavy atom. The Balaban J connectivity index is 0.000000131. The largest absolute Gasteiger partial charge is 0.494 e. The van der Waals surface area contributed by atoms with Crippen molar-refractivity contribution < 1.29 is 18.9 Å². The SMILES string of the molecule is C.C.C.CC1(C)OB(c2ccc3c4ccccc4n(-c4ccc(-c5ccccc5)cc4)c3c2)OC1(C)C.Clc1nc(-c2ccccc2)cc(-c2ccccc2)n1.O=C1c2ccccc2Cc2cc(-c3ccc4c5ccccc5n(-c5ccc(-c6ccccc6)cc5)c4c3)ccc21.O=C1c2ccccc2Cc2cc(Br)ccc21. The molecule has 4 heterocycles. The number of fused-ring (bicyclic) bond motifs is 10. The van der Waals surface area contributed by atoms with E-state index in [1.165, 1.54) is 60.3 Å². The summed E-state index contributed by atoms with van der Waals surface area (Å²) in [7, 11) is -0.388. The van der Waals surface area contributed by atoms with Crippen molar-refractivity contribution in [2.45, 2.75) is 74.0 Å². The molecule has 0 spiro atoms. The molecule has 0 N–H and O–H groups in total. The van der Waals surface area contributed by atoms with Crippen molar-refractivity contribution in [3.8, 4) is 67.3 Å². The standard InChI is InChI=1S/C38H25NO.C30H28BNO2.C16H11ClN2.C14H9BrO.3CH4/c40-38-32-11-5-4-10-29(32)23-30-22-27(16-20-33(30)38)28-17-21-35-34-12-6-7-13-36(34)39(37(35)24-28)31-18-14-26(15-19-31)25-8-2-1-3-9-25;1-29(2)30(3,4)34-31(33-29)23-16-19-26-25-12-8-9-13-27(25)32(28(26)20-23)24-17-14-22(15-18-24)21-10-6-5-7-11-21;17-16-18-14(12-7-3-1-4-8-12)11-15(19-16)13-9-5-2-6-10-13;15-11-5-6-13-10(8-11)7-9-3-1-2-4-12(9)14(13)16;;;/h1-22,24H,23H2;5-20H,1-4H3;1-11H;1-6,8H,7H2;3*1H4. The number of benzene rings is 14. The fourth-order valence-corrected chi connectivity index (χ4v) is 15.8. The Bertz CT molecular complexity index is 6230. The van der Waals surface area contributed by atoms with Crippen LogP contribution in [0, 0.1) is 0 Å². The summed E-state index contributed by atoms with van der Waals surface area (Å²) in [5.41, 5.74) is 25.9. The molecule has 0 atom stereocenters. The molecule has 11 heteroatoms. The number of para-hydroxylation sites is 2. The number of carbonyl (C=O) groups is 2. The van der Waals surface area contributed by atoms with Gasteiger partial charge in [-0.25, -0.2) is 9.97 Å². The molecule has 0 radical (unpaired) electrons. The monoisotopic (exact) mass is 1540 g/mol. The van der Waals surface area contributed by atoms with E-state index < -0.39 is 0 Å². The second-order valence-corrected chi connectivity index (χ2v) is 30.0. The summed E-state index contributed by atoms with van der Waals surface area (Å²) < 4.78 is 18.4. The molecule has 1 aliphatic heterocycles. The average molecular weight is 1540 g/mol. The second-order valence-electron chi connectivity index (χ2n) is 28.8. The molecule has 14 aromatic carbocycles. The Morgan fingerprint density at radius 2 is 0.679 bits per heavy atom. The van der Waals surface area contributed by atoms with E-state index in [1.807, 2.05) is 146 Å². The fourth-order valence-electron chi connectivity index (χ4n) is 15.2. The topological polar surface area (TPSA) is 88.2 Å². The molecule has 2 aliphatic carbocycles. The predicted molar refractivity (Wildman–Crippen MR) is 471 cm³/mol. The number of hydrogen-bond donors (Lipinski definition) is 0. The van der Waals surface area contributed by atoms with Crippen LogP contribution < -0.4 is 5.46 Å². The first-order valence-electron chi connectivity index (χ1n) is 36.7. The number of hydrogen-bond acceptors (Lipinski definition) is 6. The summed E-state index contributed by atoms with van der Waals surface area (Å²) in [6.07, 6.45) is 1.62. The molecule has 1 saturated heterocycles. The van der Waals surface area contributed by atoms with Gasteiger partial charge in [0.1, 0.15) is 0 Å². The van der Waals surface area contributed by atoms with E-state index in [4.69, 9.17) is 20.9 Å². The van der Waals surface area contributed by atoms with Gasteiger partial charge in [-0.05, 0) is 186 Å². The van der Waals surface area contributed by atoms with Gasteiger partial charge in [0, 0.05) is 70.8 Å². The fraction of sp³-hybridized carbons (Fsp3) is 0.109. The van der Waals surface area contributed by atoms with Gasteiger partial charge in [0.05, 0.1) is 44.7 Å². The van der Waals surface area contributed by atoms with Crippen LogP contribution in [0.4, 0.5) is 0 Å². The molecule has 0 bridgehead atoms. The summed E-state index contributed by atoms with van der Waals surface area (Å²) >= 11 is 9.47. The summed E-state index contributed by atoms with van der Waals surface area (Å²) in [6, 6.07) is 119. The quantitative estimate of drug-likeness (QED) is 0.111. The minimum absolute atomic E-state index is 0. The first-order valence-corrected chi connectivity index (χ1v) is 37.9. The van der Waals surface area contributed by atoms with Crippen molar-refractivity contribution in [2.24, 2.45) is 0 Å². The Hall–Kier alpha value is -12.1. The van der Waals surface area contributed by atoms with E-state index in [2.05, 4.69) is 263 Å². The minimum atomic E-state index is -0.388. The van der Waals surface area contributed by atoms with Crippen LogP contribution in [-0.4, -0.2) is 49.0 Å². The van der Waals surface area contributed by atoms with Gasteiger partial charge in [-0.2, -0.15) is 0 Å². The maximum absolute atomic E-state index is 13.1. The minimum Gasteiger partial charge on any atom is -0.399 e. The lowest BCUT2D eigenvalue weighted by atomic mass is 9.79. The zero-order valence-corrected chi connectivity index (χ0v) is 62.9. The lowest BCUT2D eigenvalue weighted by Crippen LogP contribution is -2.41. The number of nitrogens with zero attached hydrogens (tertiary/aromatic N) is 4. The van der Waals surface area contributed by atoms with Gasteiger partial charge in [-0.1, -0.05) is 311 Å². The van der Waals surface area contributed by atoms with Gasteiger partial charge in [0.15, 0.2) is 11.6 Å². The lowest BCUT2D eigenvalue weighted by Gasteiger charge is -2.32. The van der Waals surface area contributed by atoms with Crippen LogP contribution in [0.25, 0.3) is 111 Å². The maximum atomic E-state index is 13.1. The highest BCUT2D eigenvalue weighted by Gasteiger charge is 2.52. The first kappa shape index (κ1) is 76.6. The molecule has 0 amide bonds. The van der Waals surface area contributed by atoms with Gasteiger partial charge in [0.2, 0.25) is 5.28 Å². The molecule has 20 rings (SSSR count). The molecule has 8 nitrogen and oxygen atoms in total. The molecule has 17 aromatic rings. The summed E-state index contributed by atoms with van der Waals surface area (Å²) in [4.78, 5) is 33.9. The van der Waals surface area contributed by atoms with Crippen LogP contribution in [0.5, 0.6) is 0 Å². The van der Waals surface area contributed by atoms with Crippen molar-refractivity contribution in [1.82, 2.24) is 19.1 Å². The van der Waals surface area contributed by atoms with Crippen molar-refractivity contribution in [2.75, 3.05) is 0 Å². The van der Waals surface area contributed by atoms with Crippen molar-refractivity contribution in [1.29, 1.82) is 0 Å². The third-order valence-electron chi connectivity index (χ3n) is 21.5. The molecule has 0 unspecified atom stereocenters. The van der Waals surface area contributed by atoms with E-state index in [0.717, 1.165) is 118 Å². The van der Waals surface area contributed by atoms with Crippen molar-refractivity contribution >= 4 is 95.3 Å². The van der Waals surface area contributed by atoms with Gasteiger partial charge in [0.25, 0.3) is 0 Å². The summed E-state index contributed by atoms with van der Waals surface area (Å²) in [6.45, 7) is 8.38. The summed E-state index contributed by atoms with van der Waals surface area (Å²) in [5, 5.41) is 5.20. The van der Waals surface area contributed by atoms with Gasteiger partial charge in [-0.3, -0.25) is 9.59 Å². The van der Waals surface area contributed by atoms with Gasteiger partial charge in [-0.15, -0.1) is 0 Å². The number of ketones is 2. The first-order chi connectivity index (χ1) is 53.2. The van der Waals surface area contributed by atoms with Crippen LogP contribution in [0.15, 0.2) is 350 Å². The van der Waals surface area contributed by atoms with Crippen molar-refractivity contribution in [3.05, 3.63) is 400 Å². The van der Waals surface area contributed by atoms with E-state index in [-0.39, 0.29) is 57.5 Å². The van der Waals surface area contributed by atoms with E-state index in [9.17, 15) is 9.59 Å². The van der Waals surface area contributed by atoms with Crippen LogP contribution in [0.3, 0.4) is 0 Å². The molecule has 0 saturated carbocycles. The molecular weight excluding hydrogens is 1460 g/mol. The molecule has 3 aliphatic rings. The summed E-state index contributed by atoms with van der Waals surface area (Å²) in [5.74, 6) is 0.266. The van der Waals surface area contributed by atoms with E-state index in [1.54, 1.807) is 0 Å². The third-order valence-corrected chi connectivity index (χ3v) is 22.1. The zero-order chi connectivity index (χ0) is 74.3. The molecule has 550 valence electrons. The Morgan fingerprint density at radius 3 is 1.16 bits per heavy atom. The number of carbonyl (C=O) groups excluding carboxylic acids is 2. The van der Waals surface area contributed by atoms with Gasteiger partial charge < -0.3 is 18.4 Å². The van der Waals surface area contributed by atoms with Crippen molar-refractivity contribution in [3.63, 3.8) is 0 Å². The number of rotatable bonds is 8. The number of aromatic nitrogens is 4. The third kappa shape index (κ3) is 15.1. The molecule has 112 heavy (non-hydrogen) atoms.